The maximum Gasteiger partial charge on any atom is 0.234 e. The van der Waals surface area contributed by atoms with Gasteiger partial charge in [-0.05, 0) is 18.6 Å². The summed E-state index contributed by atoms with van der Waals surface area (Å²) in [5.74, 6) is -0.583. The van der Waals surface area contributed by atoms with Crippen molar-refractivity contribution in [1.82, 2.24) is 9.97 Å². The number of carbonyl (C=O) groups is 1. The van der Waals surface area contributed by atoms with E-state index in [1.807, 2.05) is 0 Å². The molecule has 0 N–H and O–H groups in total. The van der Waals surface area contributed by atoms with E-state index in [0.29, 0.717) is 16.6 Å². The normalized spacial score (nSPS) is 10.5. The van der Waals surface area contributed by atoms with E-state index in [1.54, 1.807) is 25.1 Å². The Kier molecular flexibility index (Phi) is 2.41. The van der Waals surface area contributed by atoms with Crippen LogP contribution in [-0.4, -0.2) is 16.3 Å². The van der Waals surface area contributed by atoms with Crippen molar-refractivity contribution in [3.05, 3.63) is 35.4 Å². The van der Waals surface area contributed by atoms with Gasteiger partial charge in [0.05, 0.1) is 16.7 Å². The highest BCUT2D eigenvalue weighted by molar-refractivity contribution is 5.80. The summed E-state index contributed by atoms with van der Waals surface area (Å²) >= 11 is 0. The molecule has 3 nitrogen and oxygen atoms in total. The molecule has 1 aromatic heterocycles. The number of carbonyl (C=O) groups excluding carboxylic acids is 1. The highest BCUT2D eigenvalue weighted by atomic mass is 19.1. The van der Waals surface area contributed by atoms with Crippen LogP contribution >= 0.6 is 0 Å². The third-order valence-corrected chi connectivity index (χ3v) is 2.20. The van der Waals surface area contributed by atoms with Gasteiger partial charge in [0.25, 0.3) is 0 Å². The number of nitrogens with zero attached hydrogens (tertiary/aromatic N) is 2. The Balaban J connectivity index is 2.73. The van der Waals surface area contributed by atoms with Crippen molar-refractivity contribution in [2.24, 2.45) is 0 Å². The first-order valence-electron chi connectivity index (χ1n) is 4.57. The molecule has 0 aliphatic rings. The Morgan fingerprint density at radius 2 is 2.20 bits per heavy atom. The number of aryl methyl sites for hydroxylation is 1. The minimum Gasteiger partial charge on any atom is -0.303 e. The predicted molar refractivity (Wildman–Crippen MR) is 54.0 cm³/mol. The SMILES string of the molecule is Cc1nc2cccc(CC=O)c2nc1F. The minimum absolute atomic E-state index is 0.231. The molecule has 2 rings (SSSR count). The second kappa shape index (κ2) is 3.73. The Bertz CT molecular complexity index is 525. The molecule has 1 heterocycles. The molecule has 0 spiro atoms. The van der Waals surface area contributed by atoms with Crippen molar-refractivity contribution in [3.63, 3.8) is 0 Å². The van der Waals surface area contributed by atoms with Crippen LogP contribution in [0.3, 0.4) is 0 Å². The first-order valence-corrected chi connectivity index (χ1v) is 4.57. The summed E-state index contributed by atoms with van der Waals surface area (Å²) in [5.41, 5.74) is 2.06. The maximum absolute atomic E-state index is 13.2. The fourth-order valence-electron chi connectivity index (χ4n) is 1.46. The second-order valence-electron chi connectivity index (χ2n) is 3.26. The van der Waals surface area contributed by atoms with E-state index < -0.39 is 5.95 Å². The number of aromatic nitrogens is 2. The summed E-state index contributed by atoms with van der Waals surface area (Å²) in [6.07, 6.45) is 1.00. The van der Waals surface area contributed by atoms with E-state index in [1.165, 1.54) is 0 Å². The van der Waals surface area contributed by atoms with Crippen LogP contribution in [0.15, 0.2) is 18.2 Å². The molecule has 76 valence electrons. The molecule has 0 saturated heterocycles. The van der Waals surface area contributed by atoms with Crippen molar-refractivity contribution in [1.29, 1.82) is 0 Å². The first-order chi connectivity index (χ1) is 7.22. The molecule has 4 heteroatoms. The third-order valence-electron chi connectivity index (χ3n) is 2.20. The quantitative estimate of drug-likeness (QED) is 0.701. The monoisotopic (exact) mass is 204 g/mol. The summed E-state index contributed by atoms with van der Waals surface area (Å²) in [7, 11) is 0. The van der Waals surface area contributed by atoms with Crippen LogP contribution in [0.1, 0.15) is 11.3 Å². The molecule has 0 bridgehead atoms. The highest BCUT2D eigenvalue weighted by Crippen LogP contribution is 2.16. The number of halogens is 1. The van der Waals surface area contributed by atoms with Gasteiger partial charge >= 0.3 is 0 Å². The van der Waals surface area contributed by atoms with Gasteiger partial charge < -0.3 is 4.79 Å². The van der Waals surface area contributed by atoms with Crippen LogP contribution in [0.2, 0.25) is 0 Å². The zero-order chi connectivity index (χ0) is 10.8. The Morgan fingerprint density at radius 3 is 2.93 bits per heavy atom. The fourth-order valence-corrected chi connectivity index (χ4v) is 1.46. The van der Waals surface area contributed by atoms with Gasteiger partial charge in [-0.2, -0.15) is 4.39 Å². The molecular weight excluding hydrogens is 195 g/mol. The van der Waals surface area contributed by atoms with Crippen molar-refractivity contribution in [3.8, 4) is 0 Å². The van der Waals surface area contributed by atoms with Crippen LogP contribution in [0.4, 0.5) is 4.39 Å². The van der Waals surface area contributed by atoms with Crippen LogP contribution in [0.5, 0.6) is 0 Å². The number of aldehydes is 1. The van der Waals surface area contributed by atoms with Gasteiger partial charge in [0.2, 0.25) is 5.95 Å². The number of fused-ring (bicyclic) bond motifs is 1. The zero-order valence-corrected chi connectivity index (χ0v) is 8.20. The summed E-state index contributed by atoms with van der Waals surface area (Å²) in [6, 6.07) is 5.29. The molecule has 0 amide bonds. The fraction of sp³-hybridized carbons (Fsp3) is 0.182. The molecular formula is C11H9FN2O. The molecule has 0 radical (unpaired) electrons. The zero-order valence-electron chi connectivity index (χ0n) is 8.20. The number of hydrogen-bond acceptors (Lipinski definition) is 3. The third kappa shape index (κ3) is 1.70. The Labute approximate surface area is 86.0 Å². The smallest absolute Gasteiger partial charge is 0.234 e. The summed E-state index contributed by atoms with van der Waals surface area (Å²) in [5, 5.41) is 0. The van der Waals surface area contributed by atoms with Gasteiger partial charge in [-0.15, -0.1) is 0 Å². The maximum atomic E-state index is 13.2. The average molecular weight is 204 g/mol. The lowest BCUT2D eigenvalue weighted by atomic mass is 10.1. The molecule has 0 unspecified atom stereocenters. The first kappa shape index (κ1) is 9.71. The summed E-state index contributed by atoms with van der Waals surface area (Å²) in [6.45, 7) is 1.56. The predicted octanol–water partition coefficient (Wildman–Crippen LogP) is 1.82. The van der Waals surface area contributed by atoms with Gasteiger partial charge in [0.1, 0.15) is 6.29 Å². The van der Waals surface area contributed by atoms with Gasteiger partial charge in [-0.3, -0.25) is 0 Å². The largest absolute Gasteiger partial charge is 0.303 e. The van der Waals surface area contributed by atoms with Crippen LogP contribution in [-0.2, 0) is 11.2 Å². The molecule has 1 aromatic carbocycles. The van der Waals surface area contributed by atoms with Gasteiger partial charge in [-0.25, -0.2) is 9.97 Å². The van der Waals surface area contributed by atoms with Gasteiger partial charge in [0.15, 0.2) is 0 Å². The summed E-state index contributed by atoms with van der Waals surface area (Å²) in [4.78, 5) is 18.3. The average Bonchev–Trinajstić information content (AvgIpc) is 2.21. The van der Waals surface area contributed by atoms with Crippen molar-refractivity contribution in [2.75, 3.05) is 0 Å². The lowest BCUT2D eigenvalue weighted by Crippen LogP contribution is -1.98. The molecule has 2 aromatic rings. The van der Waals surface area contributed by atoms with E-state index in [0.717, 1.165) is 6.29 Å². The number of benzene rings is 1. The summed E-state index contributed by atoms with van der Waals surface area (Å²) < 4.78 is 13.2. The Hall–Kier alpha value is -1.84. The van der Waals surface area contributed by atoms with Crippen LogP contribution < -0.4 is 0 Å². The molecule has 0 atom stereocenters. The van der Waals surface area contributed by atoms with Crippen LogP contribution in [0.25, 0.3) is 11.0 Å². The standard InChI is InChI=1S/C11H9FN2O/c1-7-11(12)14-10-8(5-6-15)3-2-4-9(10)13-7/h2-4,6H,5H2,1H3. The number of rotatable bonds is 2. The van der Waals surface area contributed by atoms with E-state index in [2.05, 4.69) is 9.97 Å². The second-order valence-corrected chi connectivity index (χ2v) is 3.26. The van der Waals surface area contributed by atoms with E-state index in [4.69, 9.17) is 0 Å². The lowest BCUT2D eigenvalue weighted by Gasteiger charge is -2.03. The van der Waals surface area contributed by atoms with Gasteiger partial charge in [0, 0.05) is 6.42 Å². The molecule has 0 fully saturated rings. The molecule has 0 saturated carbocycles. The topological polar surface area (TPSA) is 42.9 Å². The Morgan fingerprint density at radius 1 is 1.40 bits per heavy atom. The highest BCUT2D eigenvalue weighted by Gasteiger charge is 2.07. The van der Waals surface area contributed by atoms with E-state index >= 15 is 0 Å². The van der Waals surface area contributed by atoms with Crippen molar-refractivity contribution >= 4 is 17.3 Å². The minimum atomic E-state index is -0.583. The van der Waals surface area contributed by atoms with Crippen molar-refractivity contribution in [2.45, 2.75) is 13.3 Å². The van der Waals surface area contributed by atoms with E-state index in [-0.39, 0.29) is 12.1 Å². The lowest BCUT2D eigenvalue weighted by molar-refractivity contribution is -0.107. The number of para-hydroxylation sites is 1. The van der Waals surface area contributed by atoms with Crippen molar-refractivity contribution < 1.29 is 9.18 Å². The van der Waals surface area contributed by atoms with E-state index in [9.17, 15) is 9.18 Å². The molecule has 0 aliphatic carbocycles. The van der Waals surface area contributed by atoms with Crippen LogP contribution in [0, 0.1) is 12.9 Å². The molecule has 15 heavy (non-hydrogen) atoms. The van der Waals surface area contributed by atoms with Gasteiger partial charge in [-0.1, -0.05) is 12.1 Å². The number of hydrogen-bond donors (Lipinski definition) is 0. The molecule has 0 aliphatic heterocycles.